The third-order valence-corrected chi connectivity index (χ3v) is 1.99. The molecule has 3 nitrogen and oxygen atoms in total. The molecular weight excluding hydrogens is 234 g/mol. The highest BCUT2D eigenvalue weighted by molar-refractivity contribution is 5.86. The van der Waals surface area contributed by atoms with Gasteiger partial charge < -0.3 is 17.0 Å². The highest BCUT2D eigenvalue weighted by Crippen LogP contribution is 2.05. The van der Waals surface area contributed by atoms with Gasteiger partial charge in [-0.1, -0.05) is 6.58 Å². The number of hydrogen-bond donors (Lipinski definition) is 0. The van der Waals surface area contributed by atoms with Crippen molar-refractivity contribution in [1.82, 2.24) is 0 Å². The Labute approximate surface area is 90.7 Å². The molecular formula is C9H18BrNO2. The van der Waals surface area contributed by atoms with Gasteiger partial charge in [0.2, 0.25) is 0 Å². The van der Waals surface area contributed by atoms with E-state index in [0.29, 0.717) is 10.2 Å². The summed E-state index contributed by atoms with van der Waals surface area (Å²) < 4.78 is 0.311. The average Bonchev–Trinajstić information content (AvgIpc) is 2.04. The zero-order valence-corrected chi connectivity index (χ0v) is 10.3. The standard InChI is InChI=1S/C9H18NO2.BrH/c1-6-10(5,7-2)12-9(11)8(3)4;/h3,6-7H2,1-2,4-5H3;1H/q+1;/p-1. The molecule has 0 atom stereocenters. The number of nitrogens with zero attached hydrogens (tertiary/aromatic N) is 1. The lowest BCUT2D eigenvalue weighted by molar-refractivity contribution is -1.07. The van der Waals surface area contributed by atoms with Crippen molar-refractivity contribution in [3.63, 3.8) is 0 Å². The largest absolute Gasteiger partial charge is 1.00 e. The van der Waals surface area contributed by atoms with Gasteiger partial charge in [-0.3, -0.25) is 4.84 Å². The molecule has 0 aliphatic carbocycles. The van der Waals surface area contributed by atoms with Gasteiger partial charge in [-0.2, -0.15) is 0 Å². The van der Waals surface area contributed by atoms with E-state index in [-0.39, 0.29) is 23.0 Å². The Morgan fingerprint density at radius 2 is 1.77 bits per heavy atom. The van der Waals surface area contributed by atoms with Crippen molar-refractivity contribution in [2.75, 3.05) is 20.1 Å². The second kappa shape index (κ2) is 6.16. The van der Waals surface area contributed by atoms with Crippen LogP contribution in [-0.4, -0.2) is 30.8 Å². The van der Waals surface area contributed by atoms with E-state index >= 15 is 0 Å². The Morgan fingerprint density at radius 1 is 1.38 bits per heavy atom. The van der Waals surface area contributed by atoms with Crippen molar-refractivity contribution >= 4 is 5.97 Å². The number of rotatable bonds is 4. The van der Waals surface area contributed by atoms with Gasteiger partial charge in [-0.15, -0.1) is 4.65 Å². The van der Waals surface area contributed by atoms with Crippen LogP contribution >= 0.6 is 0 Å². The summed E-state index contributed by atoms with van der Waals surface area (Å²) in [5.41, 5.74) is 0.446. The van der Waals surface area contributed by atoms with Gasteiger partial charge in [0, 0.05) is 5.57 Å². The first-order chi connectivity index (χ1) is 5.45. The summed E-state index contributed by atoms with van der Waals surface area (Å²) in [5.74, 6) is -0.318. The minimum absolute atomic E-state index is 0. The molecule has 0 radical (unpaired) electrons. The molecule has 0 fully saturated rings. The lowest BCUT2D eigenvalue weighted by atomic mass is 10.4. The molecule has 0 saturated heterocycles. The monoisotopic (exact) mass is 251 g/mol. The third-order valence-electron chi connectivity index (χ3n) is 1.99. The molecule has 0 bridgehead atoms. The van der Waals surface area contributed by atoms with Gasteiger partial charge >= 0.3 is 5.97 Å². The first-order valence-electron chi connectivity index (χ1n) is 4.19. The van der Waals surface area contributed by atoms with Crippen molar-refractivity contribution in [1.29, 1.82) is 0 Å². The first-order valence-corrected chi connectivity index (χ1v) is 4.19. The molecule has 78 valence electrons. The van der Waals surface area contributed by atoms with Crippen LogP contribution in [0.25, 0.3) is 0 Å². The highest BCUT2D eigenvalue weighted by Gasteiger charge is 2.23. The van der Waals surface area contributed by atoms with Crippen molar-refractivity contribution < 1.29 is 31.3 Å². The van der Waals surface area contributed by atoms with Crippen molar-refractivity contribution in [3.8, 4) is 0 Å². The van der Waals surface area contributed by atoms with Crippen LogP contribution in [0.2, 0.25) is 0 Å². The molecule has 0 rings (SSSR count). The molecule has 0 N–H and O–H groups in total. The van der Waals surface area contributed by atoms with E-state index < -0.39 is 0 Å². The Morgan fingerprint density at radius 3 is 2.00 bits per heavy atom. The number of carbonyl (C=O) groups excluding carboxylic acids is 1. The summed E-state index contributed by atoms with van der Waals surface area (Å²) in [6, 6.07) is 0. The van der Waals surface area contributed by atoms with Crippen LogP contribution < -0.4 is 17.0 Å². The lowest BCUT2D eigenvalue weighted by Gasteiger charge is -2.27. The fraction of sp³-hybridized carbons (Fsp3) is 0.667. The van der Waals surface area contributed by atoms with Gasteiger partial charge in [0.05, 0.1) is 0 Å². The van der Waals surface area contributed by atoms with E-state index in [1.165, 1.54) is 0 Å². The molecule has 0 aromatic rings. The Balaban J connectivity index is 0. The summed E-state index contributed by atoms with van der Waals surface area (Å²) in [7, 11) is 1.88. The molecule has 0 unspecified atom stereocenters. The predicted molar refractivity (Wildman–Crippen MR) is 48.2 cm³/mol. The van der Waals surface area contributed by atoms with E-state index in [0.717, 1.165) is 13.1 Å². The Hall–Kier alpha value is -0.350. The summed E-state index contributed by atoms with van der Waals surface area (Å²) in [6.45, 7) is 10.7. The molecule has 0 aromatic carbocycles. The van der Waals surface area contributed by atoms with Gasteiger partial charge in [-0.05, 0) is 20.8 Å². The van der Waals surface area contributed by atoms with E-state index in [9.17, 15) is 4.79 Å². The summed E-state index contributed by atoms with van der Waals surface area (Å²) in [5, 5.41) is 0. The molecule has 0 aromatic heterocycles. The second-order valence-corrected chi connectivity index (χ2v) is 3.09. The first kappa shape index (κ1) is 15.1. The predicted octanol–water partition coefficient (Wildman–Crippen LogP) is -1.49. The van der Waals surface area contributed by atoms with Crippen LogP contribution in [0.3, 0.4) is 0 Å². The maximum absolute atomic E-state index is 11.1. The third kappa shape index (κ3) is 5.05. The Bertz CT molecular complexity index is 188. The van der Waals surface area contributed by atoms with Crippen LogP contribution in [0.5, 0.6) is 0 Å². The van der Waals surface area contributed by atoms with Crippen LogP contribution in [0.1, 0.15) is 20.8 Å². The van der Waals surface area contributed by atoms with Crippen LogP contribution in [-0.2, 0) is 9.63 Å². The quantitative estimate of drug-likeness (QED) is 0.346. The molecule has 0 aliphatic heterocycles. The molecule has 0 aliphatic rings. The fourth-order valence-corrected chi connectivity index (χ4v) is 0.631. The normalized spacial score (nSPS) is 10.2. The SMILES string of the molecule is C=C(C)C(=O)O[N+](C)(CC)CC.[Br-]. The highest BCUT2D eigenvalue weighted by atomic mass is 79.9. The minimum atomic E-state index is -0.318. The molecule has 0 amide bonds. The number of halogens is 1. The number of hydrogen-bond acceptors (Lipinski definition) is 2. The summed E-state index contributed by atoms with van der Waals surface area (Å²) in [6.07, 6.45) is 0. The number of quaternary nitrogens is 1. The second-order valence-electron chi connectivity index (χ2n) is 3.09. The Kier molecular flexibility index (Phi) is 7.17. The van der Waals surface area contributed by atoms with E-state index in [4.69, 9.17) is 4.84 Å². The number of hydroxylamine groups is 3. The number of carbonyl (C=O) groups is 1. The smallest absolute Gasteiger partial charge is 0.392 e. The van der Waals surface area contributed by atoms with Gasteiger partial charge in [0.15, 0.2) is 0 Å². The van der Waals surface area contributed by atoms with Gasteiger partial charge in [-0.25, -0.2) is 4.79 Å². The van der Waals surface area contributed by atoms with Crippen molar-refractivity contribution in [2.45, 2.75) is 20.8 Å². The van der Waals surface area contributed by atoms with Gasteiger partial charge in [0.1, 0.15) is 20.1 Å². The molecule has 0 heterocycles. The summed E-state index contributed by atoms with van der Waals surface area (Å²) >= 11 is 0. The molecule has 0 saturated carbocycles. The van der Waals surface area contributed by atoms with Crippen LogP contribution in [0.4, 0.5) is 0 Å². The molecule has 4 heteroatoms. The van der Waals surface area contributed by atoms with E-state index in [2.05, 4.69) is 6.58 Å². The minimum Gasteiger partial charge on any atom is -1.00 e. The fourth-order valence-electron chi connectivity index (χ4n) is 0.631. The topological polar surface area (TPSA) is 26.3 Å². The maximum atomic E-state index is 11.1. The maximum Gasteiger partial charge on any atom is 0.392 e. The zero-order valence-electron chi connectivity index (χ0n) is 8.76. The molecule has 0 spiro atoms. The zero-order chi connectivity index (χ0) is 9.78. The molecule has 13 heavy (non-hydrogen) atoms. The average molecular weight is 252 g/mol. The van der Waals surface area contributed by atoms with E-state index in [1.54, 1.807) is 6.92 Å². The van der Waals surface area contributed by atoms with Crippen LogP contribution in [0.15, 0.2) is 12.2 Å². The lowest BCUT2D eigenvalue weighted by Crippen LogP contribution is -3.00. The summed E-state index contributed by atoms with van der Waals surface area (Å²) in [4.78, 5) is 16.3. The van der Waals surface area contributed by atoms with Gasteiger partial charge in [0.25, 0.3) is 0 Å². The van der Waals surface area contributed by atoms with E-state index in [1.807, 2.05) is 20.9 Å². The van der Waals surface area contributed by atoms with Crippen LogP contribution in [0, 0.1) is 0 Å². The van der Waals surface area contributed by atoms with Crippen molar-refractivity contribution in [2.24, 2.45) is 0 Å². The van der Waals surface area contributed by atoms with Crippen molar-refractivity contribution in [3.05, 3.63) is 12.2 Å².